The van der Waals surface area contributed by atoms with Crippen LogP contribution < -0.4 is 5.73 Å². The van der Waals surface area contributed by atoms with Gasteiger partial charge in [0.2, 0.25) is 0 Å². The third-order valence-electron chi connectivity index (χ3n) is 3.76. The summed E-state index contributed by atoms with van der Waals surface area (Å²) in [6.07, 6.45) is 0.912. The van der Waals surface area contributed by atoms with Crippen molar-refractivity contribution >= 4 is 6.09 Å². The average molecular weight is 278 g/mol. The van der Waals surface area contributed by atoms with E-state index in [1.54, 1.807) is 0 Å². The van der Waals surface area contributed by atoms with Crippen LogP contribution >= 0.6 is 0 Å². The molecule has 0 spiro atoms. The molecule has 1 heterocycles. The molecule has 0 unspecified atom stereocenters. The Morgan fingerprint density at radius 2 is 2.00 bits per heavy atom. The number of piperidine rings is 1. The molecule has 5 heteroatoms. The van der Waals surface area contributed by atoms with Crippen molar-refractivity contribution in [3.8, 4) is 0 Å². The normalized spacial score (nSPS) is 17.9. The third kappa shape index (κ3) is 4.21. The summed E-state index contributed by atoms with van der Waals surface area (Å²) in [6, 6.07) is 9.80. The fraction of sp³-hybridized carbons (Fsp3) is 0.533. The molecule has 0 aliphatic carbocycles. The molecule has 1 aromatic carbocycles. The first-order valence-electron chi connectivity index (χ1n) is 7.03. The van der Waals surface area contributed by atoms with Gasteiger partial charge in [-0.1, -0.05) is 30.3 Å². The Hall–Kier alpha value is -1.59. The standard InChI is InChI=1S/C15H22N2O3/c16-14(13-4-2-1-3-5-13)11-20-10-12-6-8-17(9-7-12)15(18)19/h1-5,12,14H,6-11,16H2,(H,18,19)/t14-/m0/s1. The highest BCUT2D eigenvalue weighted by Gasteiger charge is 2.22. The van der Waals surface area contributed by atoms with E-state index in [1.165, 1.54) is 4.90 Å². The summed E-state index contributed by atoms with van der Waals surface area (Å²) >= 11 is 0. The van der Waals surface area contributed by atoms with Crippen molar-refractivity contribution in [1.29, 1.82) is 0 Å². The Kier molecular flexibility index (Phi) is 5.38. The molecule has 20 heavy (non-hydrogen) atoms. The zero-order chi connectivity index (χ0) is 14.4. The Labute approximate surface area is 119 Å². The molecule has 0 saturated carbocycles. The predicted molar refractivity (Wildman–Crippen MR) is 76.5 cm³/mol. The molecule has 1 aliphatic heterocycles. The van der Waals surface area contributed by atoms with Gasteiger partial charge < -0.3 is 20.5 Å². The van der Waals surface area contributed by atoms with Crippen molar-refractivity contribution in [3.05, 3.63) is 35.9 Å². The molecule has 0 radical (unpaired) electrons. The van der Waals surface area contributed by atoms with E-state index in [0.717, 1.165) is 18.4 Å². The number of rotatable bonds is 5. The lowest BCUT2D eigenvalue weighted by Crippen LogP contribution is -2.38. The lowest BCUT2D eigenvalue weighted by Gasteiger charge is -2.30. The number of likely N-dealkylation sites (tertiary alicyclic amines) is 1. The first-order valence-corrected chi connectivity index (χ1v) is 7.03. The summed E-state index contributed by atoms with van der Waals surface area (Å²) in [5.74, 6) is 0.438. The number of nitrogens with two attached hydrogens (primary N) is 1. The summed E-state index contributed by atoms with van der Waals surface area (Å²) in [5, 5.41) is 8.88. The number of nitrogens with zero attached hydrogens (tertiary/aromatic N) is 1. The van der Waals surface area contributed by atoms with E-state index >= 15 is 0 Å². The second-order valence-electron chi connectivity index (χ2n) is 5.27. The monoisotopic (exact) mass is 278 g/mol. The Balaban J connectivity index is 1.66. The van der Waals surface area contributed by atoms with Gasteiger partial charge in [0.1, 0.15) is 0 Å². The predicted octanol–water partition coefficient (Wildman–Crippen LogP) is 2.09. The lowest BCUT2D eigenvalue weighted by molar-refractivity contribution is 0.0588. The zero-order valence-electron chi connectivity index (χ0n) is 11.6. The van der Waals surface area contributed by atoms with E-state index in [0.29, 0.717) is 32.2 Å². The number of ether oxygens (including phenoxy) is 1. The second kappa shape index (κ2) is 7.26. The molecule has 1 saturated heterocycles. The number of carbonyl (C=O) groups is 1. The molecule has 1 fully saturated rings. The molecule has 3 N–H and O–H groups in total. The van der Waals surface area contributed by atoms with Gasteiger partial charge in [0.25, 0.3) is 0 Å². The smallest absolute Gasteiger partial charge is 0.407 e. The molecular weight excluding hydrogens is 256 g/mol. The SMILES string of the molecule is N[C@@H](COCC1CCN(C(=O)O)CC1)c1ccccc1. The van der Waals surface area contributed by atoms with E-state index < -0.39 is 6.09 Å². The molecule has 2 rings (SSSR count). The fourth-order valence-corrected chi connectivity index (χ4v) is 2.45. The topological polar surface area (TPSA) is 75.8 Å². The van der Waals surface area contributed by atoms with Crippen LogP contribution in [-0.4, -0.2) is 42.4 Å². The first kappa shape index (κ1) is 14.8. The first-order chi connectivity index (χ1) is 9.66. The van der Waals surface area contributed by atoms with Gasteiger partial charge >= 0.3 is 6.09 Å². The van der Waals surface area contributed by atoms with Crippen LogP contribution in [0.25, 0.3) is 0 Å². The minimum Gasteiger partial charge on any atom is -0.465 e. The van der Waals surface area contributed by atoms with E-state index in [4.69, 9.17) is 15.6 Å². The van der Waals surface area contributed by atoms with Crippen LogP contribution in [0.5, 0.6) is 0 Å². The van der Waals surface area contributed by atoms with Gasteiger partial charge in [0.05, 0.1) is 12.6 Å². The van der Waals surface area contributed by atoms with Crippen molar-refractivity contribution in [3.63, 3.8) is 0 Å². The van der Waals surface area contributed by atoms with Crippen LogP contribution in [0.2, 0.25) is 0 Å². The van der Waals surface area contributed by atoms with Gasteiger partial charge in [-0.05, 0) is 24.3 Å². The largest absolute Gasteiger partial charge is 0.465 e. The van der Waals surface area contributed by atoms with E-state index in [-0.39, 0.29) is 6.04 Å². The van der Waals surface area contributed by atoms with Crippen molar-refractivity contribution in [2.24, 2.45) is 11.7 Å². The van der Waals surface area contributed by atoms with E-state index in [9.17, 15) is 4.79 Å². The lowest BCUT2D eigenvalue weighted by atomic mass is 9.98. The highest BCUT2D eigenvalue weighted by atomic mass is 16.5. The maximum atomic E-state index is 10.8. The van der Waals surface area contributed by atoms with E-state index in [1.807, 2.05) is 30.3 Å². The Morgan fingerprint density at radius 1 is 1.35 bits per heavy atom. The minimum atomic E-state index is -0.824. The summed E-state index contributed by atoms with van der Waals surface area (Å²) in [6.45, 7) is 2.37. The summed E-state index contributed by atoms with van der Waals surface area (Å²) < 4.78 is 5.69. The molecule has 1 amide bonds. The van der Waals surface area contributed by atoms with Gasteiger partial charge in [-0.2, -0.15) is 0 Å². The number of amides is 1. The van der Waals surface area contributed by atoms with Crippen molar-refractivity contribution < 1.29 is 14.6 Å². The van der Waals surface area contributed by atoms with Gasteiger partial charge in [-0.15, -0.1) is 0 Å². The Bertz CT molecular complexity index is 416. The number of hydrogen-bond acceptors (Lipinski definition) is 3. The van der Waals surface area contributed by atoms with Crippen LogP contribution in [0, 0.1) is 5.92 Å². The fourth-order valence-electron chi connectivity index (χ4n) is 2.45. The number of benzene rings is 1. The van der Waals surface area contributed by atoms with Crippen molar-refractivity contribution in [1.82, 2.24) is 4.90 Å². The Morgan fingerprint density at radius 3 is 2.60 bits per heavy atom. The molecule has 1 aromatic rings. The molecule has 0 aromatic heterocycles. The summed E-state index contributed by atoms with van der Waals surface area (Å²) in [5.41, 5.74) is 7.14. The number of hydrogen-bond donors (Lipinski definition) is 2. The maximum Gasteiger partial charge on any atom is 0.407 e. The van der Waals surface area contributed by atoms with Crippen LogP contribution in [0.4, 0.5) is 4.79 Å². The quantitative estimate of drug-likeness (QED) is 0.864. The van der Waals surface area contributed by atoms with Crippen LogP contribution in [0.15, 0.2) is 30.3 Å². The summed E-state index contributed by atoms with van der Waals surface area (Å²) in [7, 11) is 0. The van der Waals surface area contributed by atoms with Crippen LogP contribution in [0.1, 0.15) is 24.4 Å². The molecule has 1 atom stereocenters. The molecule has 1 aliphatic rings. The zero-order valence-corrected chi connectivity index (χ0v) is 11.6. The molecular formula is C15H22N2O3. The molecule has 0 bridgehead atoms. The average Bonchev–Trinajstić information content (AvgIpc) is 2.48. The van der Waals surface area contributed by atoms with Gasteiger partial charge in [-0.25, -0.2) is 4.79 Å². The molecule has 5 nitrogen and oxygen atoms in total. The molecule has 110 valence electrons. The van der Waals surface area contributed by atoms with E-state index in [2.05, 4.69) is 0 Å². The highest BCUT2D eigenvalue weighted by Crippen LogP contribution is 2.18. The van der Waals surface area contributed by atoms with Gasteiger partial charge in [0.15, 0.2) is 0 Å². The highest BCUT2D eigenvalue weighted by molar-refractivity contribution is 5.64. The maximum absolute atomic E-state index is 10.8. The van der Waals surface area contributed by atoms with Gasteiger partial charge in [-0.3, -0.25) is 0 Å². The summed E-state index contributed by atoms with van der Waals surface area (Å²) in [4.78, 5) is 12.3. The van der Waals surface area contributed by atoms with Crippen LogP contribution in [0.3, 0.4) is 0 Å². The van der Waals surface area contributed by atoms with Crippen molar-refractivity contribution in [2.45, 2.75) is 18.9 Å². The van der Waals surface area contributed by atoms with Gasteiger partial charge in [0, 0.05) is 19.7 Å². The van der Waals surface area contributed by atoms with Crippen molar-refractivity contribution in [2.75, 3.05) is 26.3 Å². The van der Waals surface area contributed by atoms with Crippen LogP contribution in [-0.2, 0) is 4.74 Å². The minimum absolute atomic E-state index is 0.102. The second-order valence-corrected chi connectivity index (χ2v) is 5.27. The number of carboxylic acid groups (broad SMARTS) is 1. The third-order valence-corrected chi connectivity index (χ3v) is 3.76.